The zero-order valence-electron chi connectivity index (χ0n) is 11.5. The molecule has 0 aromatic carbocycles. The molecule has 0 amide bonds. The van der Waals surface area contributed by atoms with Gasteiger partial charge in [0.25, 0.3) is 0 Å². The normalized spacial score (nSPS) is 25.6. The molecule has 100 valence electrons. The number of hydrogen-bond acceptors (Lipinski definition) is 3. The Morgan fingerprint density at radius 3 is 2.24 bits per heavy atom. The first-order valence-corrected chi connectivity index (χ1v) is 6.89. The predicted molar refractivity (Wildman–Crippen MR) is 66.9 cm³/mol. The summed E-state index contributed by atoms with van der Waals surface area (Å²) < 4.78 is 17.4. The first kappa shape index (κ1) is 13.3. The SMILES string of the molecule is CC(C)(C)CCOC1CCC2(CC1)OCCO2. The van der Waals surface area contributed by atoms with Gasteiger partial charge in [-0.2, -0.15) is 0 Å². The van der Waals surface area contributed by atoms with Crippen LogP contribution < -0.4 is 0 Å². The Labute approximate surface area is 105 Å². The first-order valence-electron chi connectivity index (χ1n) is 6.89. The van der Waals surface area contributed by atoms with Gasteiger partial charge in [-0.25, -0.2) is 0 Å². The molecule has 1 aliphatic carbocycles. The van der Waals surface area contributed by atoms with Crippen molar-refractivity contribution in [3.8, 4) is 0 Å². The van der Waals surface area contributed by atoms with E-state index in [0.29, 0.717) is 11.5 Å². The lowest BCUT2D eigenvalue weighted by Gasteiger charge is -2.35. The van der Waals surface area contributed by atoms with Crippen molar-refractivity contribution in [1.82, 2.24) is 0 Å². The van der Waals surface area contributed by atoms with Crippen LogP contribution >= 0.6 is 0 Å². The van der Waals surface area contributed by atoms with Crippen LogP contribution in [0.3, 0.4) is 0 Å². The van der Waals surface area contributed by atoms with Crippen LogP contribution in [0.2, 0.25) is 0 Å². The largest absolute Gasteiger partial charge is 0.378 e. The zero-order valence-corrected chi connectivity index (χ0v) is 11.5. The number of rotatable bonds is 3. The van der Waals surface area contributed by atoms with Crippen molar-refractivity contribution in [2.75, 3.05) is 19.8 Å². The van der Waals surface area contributed by atoms with Gasteiger partial charge in [0.2, 0.25) is 0 Å². The lowest BCUT2D eigenvalue weighted by atomic mass is 9.91. The molecule has 0 N–H and O–H groups in total. The first-order chi connectivity index (χ1) is 7.99. The monoisotopic (exact) mass is 242 g/mol. The Morgan fingerprint density at radius 2 is 1.71 bits per heavy atom. The second-order valence-electron chi connectivity index (χ2n) is 6.49. The van der Waals surface area contributed by atoms with Crippen molar-refractivity contribution in [3.05, 3.63) is 0 Å². The van der Waals surface area contributed by atoms with Crippen LogP contribution in [0.5, 0.6) is 0 Å². The molecule has 0 atom stereocenters. The van der Waals surface area contributed by atoms with E-state index in [1.807, 2.05) is 0 Å². The topological polar surface area (TPSA) is 27.7 Å². The van der Waals surface area contributed by atoms with Crippen LogP contribution in [0.15, 0.2) is 0 Å². The molecular formula is C14H26O3. The predicted octanol–water partition coefficient (Wildman–Crippen LogP) is 3.12. The van der Waals surface area contributed by atoms with E-state index in [1.54, 1.807) is 0 Å². The van der Waals surface area contributed by atoms with Crippen LogP contribution in [0.25, 0.3) is 0 Å². The summed E-state index contributed by atoms with van der Waals surface area (Å²) in [7, 11) is 0. The molecule has 1 saturated heterocycles. The van der Waals surface area contributed by atoms with Gasteiger partial charge in [-0.3, -0.25) is 0 Å². The summed E-state index contributed by atoms with van der Waals surface area (Å²) in [4.78, 5) is 0. The summed E-state index contributed by atoms with van der Waals surface area (Å²) >= 11 is 0. The highest BCUT2D eigenvalue weighted by atomic mass is 16.7. The third-order valence-electron chi connectivity index (χ3n) is 3.71. The van der Waals surface area contributed by atoms with Crippen LogP contribution in [0, 0.1) is 5.41 Å². The van der Waals surface area contributed by atoms with E-state index in [0.717, 1.165) is 51.9 Å². The van der Waals surface area contributed by atoms with E-state index < -0.39 is 0 Å². The molecule has 0 aromatic rings. The van der Waals surface area contributed by atoms with E-state index >= 15 is 0 Å². The molecule has 2 rings (SSSR count). The number of hydrogen-bond donors (Lipinski definition) is 0. The highest BCUT2D eigenvalue weighted by Gasteiger charge is 2.40. The van der Waals surface area contributed by atoms with E-state index in [1.165, 1.54) is 0 Å². The molecule has 0 radical (unpaired) electrons. The fourth-order valence-corrected chi connectivity index (χ4v) is 2.52. The minimum absolute atomic E-state index is 0.246. The lowest BCUT2D eigenvalue weighted by molar-refractivity contribution is -0.192. The molecule has 0 bridgehead atoms. The van der Waals surface area contributed by atoms with Crippen molar-refractivity contribution in [1.29, 1.82) is 0 Å². The van der Waals surface area contributed by atoms with Crippen molar-refractivity contribution in [2.24, 2.45) is 5.41 Å². The molecule has 0 aromatic heterocycles. The average Bonchev–Trinajstić information content (AvgIpc) is 2.68. The molecule has 2 aliphatic rings. The lowest BCUT2D eigenvalue weighted by Crippen LogP contribution is -2.37. The highest BCUT2D eigenvalue weighted by molar-refractivity contribution is 4.82. The van der Waals surface area contributed by atoms with Gasteiger partial charge in [0, 0.05) is 19.4 Å². The number of ether oxygens (including phenoxy) is 3. The average molecular weight is 242 g/mol. The van der Waals surface area contributed by atoms with E-state index in [2.05, 4.69) is 20.8 Å². The summed E-state index contributed by atoms with van der Waals surface area (Å²) in [5.41, 5.74) is 0.369. The smallest absolute Gasteiger partial charge is 0.168 e. The Kier molecular flexibility index (Phi) is 4.11. The summed E-state index contributed by atoms with van der Waals surface area (Å²) in [6.45, 7) is 9.17. The maximum Gasteiger partial charge on any atom is 0.168 e. The fraction of sp³-hybridized carbons (Fsp3) is 1.00. The van der Waals surface area contributed by atoms with E-state index in [4.69, 9.17) is 14.2 Å². The van der Waals surface area contributed by atoms with Gasteiger partial charge < -0.3 is 14.2 Å². The maximum absolute atomic E-state index is 5.95. The second-order valence-corrected chi connectivity index (χ2v) is 6.49. The molecule has 17 heavy (non-hydrogen) atoms. The van der Waals surface area contributed by atoms with Crippen LogP contribution in [0.1, 0.15) is 52.9 Å². The molecule has 1 aliphatic heterocycles. The minimum atomic E-state index is -0.246. The quantitative estimate of drug-likeness (QED) is 0.761. The summed E-state index contributed by atoms with van der Waals surface area (Å²) in [6.07, 6.45) is 5.67. The third-order valence-corrected chi connectivity index (χ3v) is 3.71. The van der Waals surface area contributed by atoms with Crippen LogP contribution in [0.4, 0.5) is 0 Å². The summed E-state index contributed by atoms with van der Waals surface area (Å²) in [5, 5.41) is 0. The maximum atomic E-state index is 5.95. The van der Waals surface area contributed by atoms with Crippen molar-refractivity contribution >= 4 is 0 Å². The summed E-state index contributed by atoms with van der Waals surface area (Å²) in [6, 6.07) is 0. The van der Waals surface area contributed by atoms with Gasteiger partial charge in [0.1, 0.15) is 0 Å². The van der Waals surface area contributed by atoms with Crippen molar-refractivity contribution < 1.29 is 14.2 Å². The van der Waals surface area contributed by atoms with Crippen LogP contribution in [-0.4, -0.2) is 31.7 Å². The molecule has 1 saturated carbocycles. The highest BCUT2D eigenvalue weighted by Crippen LogP contribution is 2.36. The Balaban J connectivity index is 1.65. The molecular weight excluding hydrogens is 216 g/mol. The van der Waals surface area contributed by atoms with Gasteiger partial charge in [-0.15, -0.1) is 0 Å². The third kappa shape index (κ3) is 3.94. The molecule has 2 fully saturated rings. The van der Waals surface area contributed by atoms with Gasteiger partial charge >= 0.3 is 0 Å². The van der Waals surface area contributed by atoms with Gasteiger partial charge in [0.15, 0.2) is 5.79 Å². The van der Waals surface area contributed by atoms with Crippen molar-refractivity contribution in [2.45, 2.75) is 64.8 Å². The Morgan fingerprint density at radius 1 is 1.12 bits per heavy atom. The standard InChI is InChI=1S/C14H26O3/c1-13(2,3)8-9-15-12-4-6-14(7-5-12)16-10-11-17-14/h12H,4-11H2,1-3H3. The summed E-state index contributed by atoms with van der Waals surface area (Å²) in [5.74, 6) is -0.246. The van der Waals surface area contributed by atoms with Gasteiger partial charge in [-0.1, -0.05) is 20.8 Å². The molecule has 3 heteroatoms. The van der Waals surface area contributed by atoms with E-state index in [-0.39, 0.29) is 5.79 Å². The van der Waals surface area contributed by atoms with Crippen LogP contribution in [-0.2, 0) is 14.2 Å². The van der Waals surface area contributed by atoms with Gasteiger partial charge in [0.05, 0.1) is 19.3 Å². The Hall–Kier alpha value is -0.120. The second kappa shape index (κ2) is 5.25. The Bertz CT molecular complexity index is 228. The fourth-order valence-electron chi connectivity index (χ4n) is 2.52. The minimum Gasteiger partial charge on any atom is -0.378 e. The van der Waals surface area contributed by atoms with E-state index in [9.17, 15) is 0 Å². The molecule has 1 spiro atoms. The van der Waals surface area contributed by atoms with Crippen molar-refractivity contribution in [3.63, 3.8) is 0 Å². The van der Waals surface area contributed by atoms with Gasteiger partial charge in [-0.05, 0) is 24.7 Å². The molecule has 3 nitrogen and oxygen atoms in total. The zero-order chi connectivity index (χ0) is 12.4. The molecule has 1 heterocycles. The molecule has 0 unspecified atom stereocenters.